The van der Waals surface area contributed by atoms with Gasteiger partial charge in [0.15, 0.2) is 6.61 Å². The number of sulfonamides is 1. The van der Waals surface area contributed by atoms with E-state index in [-0.39, 0.29) is 22.2 Å². The lowest BCUT2D eigenvalue weighted by atomic mass is 10.2. The molecule has 0 saturated heterocycles. The van der Waals surface area contributed by atoms with Gasteiger partial charge in [0.2, 0.25) is 0 Å². The van der Waals surface area contributed by atoms with Crippen LogP contribution in [-0.4, -0.2) is 32.9 Å². The first-order valence-corrected chi connectivity index (χ1v) is 9.94. The summed E-state index contributed by atoms with van der Waals surface area (Å²) in [5.41, 5.74) is 0.358. The smallest absolute Gasteiger partial charge is 0.338 e. The van der Waals surface area contributed by atoms with Crippen molar-refractivity contribution in [2.24, 2.45) is 0 Å². The molecule has 1 unspecified atom stereocenters. The molecule has 0 aliphatic carbocycles. The van der Waals surface area contributed by atoms with Gasteiger partial charge < -0.3 is 10.1 Å². The van der Waals surface area contributed by atoms with Gasteiger partial charge in [0, 0.05) is 11.7 Å². The molecule has 0 spiro atoms. The molecule has 1 amide bonds. The molecule has 0 aliphatic rings. The Kier molecular flexibility index (Phi) is 6.95. The molecular weight excluding hydrogens is 368 g/mol. The summed E-state index contributed by atoms with van der Waals surface area (Å²) in [5.74, 6) is -1.10. The molecule has 7 nitrogen and oxygen atoms in total. The van der Waals surface area contributed by atoms with Gasteiger partial charge in [0.1, 0.15) is 0 Å². The zero-order valence-corrected chi connectivity index (χ0v) is 16.0. The van der Waals surface area contributed by atoms with Crippen molar-refractivity contribution in [2.45, 2.75) is 31.2 Å². The van der Waals surface area contributed by atoms with E-state index in [1.54, 1.807) is 18.2 Å². The predicted molar refractivity (Wildman–Crippen MR) is 102 cm³/mol. The van der Waals surface area contributed by atoms with Crippen LogP contribution in [0.1, 0.15) is 30.6 Å². The summed E-state index contributed by atoms with van der Waals surface area (Å²) >= 11 is 0. The van der Waals surface area contributed by atoms with E-state index in [1.807, 2.05) is 13.8 Å². The van der Waals surface area contributed by atoms with Crippen molar-refractivity contribution < 1.29 is 22.7 Å². The van der Waals surface area contributed by atoms with Crippen LogP contribution in [0.5, 0.6) is 0 Å². The molecule has 27 heavy (non-hydrogen) atoms. The fourth-order valence-corrected chi connectivity index (χ4v) is 3.23. The molecule has 0 bridgehead atoms. The number of amides is 1. The van der Waals surface area contributed by atoms with Crippen molar-refractivity contribution in [1.82, 2.24) is 5.32 Å². The molecule has 8 heteroatoms. The Labute approximate surface area is 158 Å². The lowest BCUT2D eigenvalue weighted by Crippen LogP contribution is -2.35. The van der Waals surface area contributed by atoms with Gasteiger partial charge in [-0.3, -0.25) is 9.52 Å². The molecule has 144 valence electrons. The minimum Gasteiger partial charge on any atom is -0.452 e. The second-order valence-corrected chi connectivity index (χ2v) is 7.63. The highest BCUT2D eigenvalue weighted by Gasteiger charge is 2.16. The third kappa shape index (κ3) is 6.10. The number of hydrogen-bond acceptors (Lipinski definition) is 5. The monoisotopic (exact) mass is 390 g/mol. The topological polar surface area (TPSA) is 102 Å². The Morgan fingerprint density at radius 3 is 2.44 bits per heavy atom. The summed E-state index contributed by atoms with van der Waals surface area (Å²) < 4.78 is 32.1. The van der Waals surface area contributed by atoms with Crippen LogP contribution in [0.25, 0.3) is 0 Å². The highest BCUT2D eigenvalue weighted by Crippen LogP contribution is 2.17. The van der Waals surface area contributed by atoms with Gasteiger partial charge in [0.25, 0.3) is 15.9 Å². The fraction of sp³-hybridized carbons (Fsp3) is 0.263. The van der Waals surface area contributed by atoms with Crippen LogP contribution in [0, 0.1) is 0 Å². The lowest BCUT2D eigenvalue weighted by Gasteiger charge is -2.12. The SMILES string of the molecule is CCC(C)NC(=O)COC(=O)c1cccc(NS(=O)(=O)c2ccccc2)c1. The zero-order valence-electron chi connectivity index (χ0n) is 15.1. The molecule has 2 aromatic rings. The Morgan fingerprint density at radius 1 is 1.07 bits per heavy atom. The van der Waals surface area contributed by atoms with Crippen molar-refractivity contribution in [3.05, 3.63) is 60.2 Å². The van der Waals surface area contributed by atoms with E-state index in [0.717, 1.165) is 6.42 Å². The third-order valence-electron chi connectivity index (χ3n) is 3.76. The summed E-state index contributed by atoms with van der Waals surface area (Å²) in [6, 6.07) is 13.8. The number of rotatable bonds is 8. The standard InChI is InChI=1S/C19H22N2O5S/c1-3-14(2)20-18(22)13-26-19(23)15-8-7-9-16(12-15)21-27(24,25)17-10-5-4-6-11-17/h4-12,14,21H,3,13H2,1-2H3,(H,20,22). The number of benzene rings is 2. The van der Waals surface area contributed by atoms with Gasteiger partial charge in [-0.05, 0) is 43.7 Å². The first-order valence-electron chi connectivity index (χ1n) is 8.46. The zero-order chi connectivity index (χ0) is 19.9. The molecule has 0 heterocycles. The van der Waals surface area contributed by atoms with Crippen molar-refractivity contribution in [3.63, 3.8) is 0 Å². The van der Waals surface area contributed by atoms with Gasteiger partial charge >= 0.3 is 5.97 Å². The number of ether oxygens (including phenoxy) is 1. The van der Waals surface area contributed by atoms with Crippen molar-refractivity contribution in [2.75, 3.05) is 11.3 Å². The molecule has 0 fully saturated rings. The highest BCUT2D eigenvalue weighted by molar-refractivity contribution is 7.92. The maximum absolute atomic E-state index is 12.3. The Hall–Kier alpha value is -2.87. The van der Waals surface area contributed by atoms with E-state index in [1.165, 1.54) is 36.4 Å². The van der Waals surface area contributed by atoms with Gasteiger partial charge in [-0.15, -0.1) is 0 Å². The number of anilines is 1. The van der Waals surface area contributed by atoms with E-state index in [9.17, 15) is 18.0 Å². The number of hydrogen-bond donors (Lipinski definition) is 2. The summed E-state index contributed by atoms with van der Waals surface area (Å²) in [7, 11) is -3.76. The summed E-state index contributed by atoms with van der Waals surface area (Å²) in [6.45, 7) is 3.38. The summed E-state index contributed by atoms with van der Waals surface area (Å²) in [5, 5.41) is 2.69. The van der Waals surface area contributed by atoms with Gasteiger partial charge in [-0.1, -0.05) is 31.2 Å². The summed E-state index contributed by atoms with van der Waals surface area (Å²) in [6.07, 6.45) is 0.767. The normalized spacial score (nSPS) is 12.1. The van der Waals surface area contributed by atoms with Gasteiger partial charge in [-0.2, -0.15) is 0 Å². The molecular formula is C19H22N2O5S. The molecule has 0 saturated carbocycles. The fourth-order valence-electron chi connectivity index (χ4n) is 2.16. The Bertz CT molecular complexity index is 897. The van der Waals surface area contributed by atoms with Crippen LogP contribution in [-0.2, 0) is 19.6 Å². The van der Waals surface area contributed by atoms with E-state index < -0.39 is 28.5 Å². The number of esters is 1. The molecule has 0 aliphatic heterocycles. The predicted octanol–water partition coefficient (Wildman–Crippen LogP) is 2.56. The number of nitrogens with one attached hydrogen (secondary N) is 2. The van der Waals surface area contributed by atoms with Crippen molar-refractivity contribution >= 4 is 27.6 Å². The number of carbonyl (C=O) groups excluding carboxylic acids is 2. The van der Waals surface area contributed by atoms with E-state index in [2.05, 4.69) is 10.0 Å². The molecule has 2 N–H and O–H groups in total. The minimum absolute atomic E-state index is 0.00748. The maximum Gasteiger partial charge on any atom is 0.338 e. The third-order valence-corrected chi connectivity index (χ3v) is 5.16. The number of carbonyl (C=O) groups is 2. The minimum atomic E-state index is -3.76. The molecule has 2 rings (SSSR count). The molecule has 2 aromatic carbocycles. The van der Waals surface area contributed by atoms with Gasteiger partial charge in [-0.25, -0.2) is 13.2 Å². The average molecular weight is 390 g/mol. The van der Waals surface area contributed by atoms with Crippen LogP contribution >= 0.6 is 0 Å². The van der Waals surface area contributed by atoms with E-state index >= 15 is 0 Å². The van der Waals surface area contributed by atoms with Crippen LogP contribution in [0.3, 0.4) is 0 Å². The van der Waals surface area contributed by atoms with Crippen LogP contribution in [0.15, 0.2) is 59.5 Å². The first-order chi connectivity index (χ1) is 12.8. The Balaban J connectivity index is 2.02. The Morgan fingerprint density at radius 2 is 1.78 bits per heavy atom. The molecule has 0 aromatic heterocycles. The second kappa shape index (κ2) is 9.18. The second-order valence-electron chi connectivity index (χ2n) is 5.95. The maximum atomic E-state index is 12.3. The lowest BCUT2D eigenvalue weighted by molar-refractivity contribution is -0.124. The molecule has 1 atom stereocenters. The highest BCUT2D eigenvalue weighted by atomic mass is 32.2. The largest absolute Gasteiger partial charge is 0.452 e. The van der Waals surface area contributed by atoms with Crippen molar-refractivity contribution in [1.29, 1.82) is 0 Å². The average Bonchev–Trinajstić information content (AvgIpc) is 2.66. The van der Waals surface area contributed by atoms with Gasteiger partial charge in [0.05, 0.1) is 10.5 Å². The first kappa shape index (κ1) is 20.4. The van der Waals surface area contributed by atoms with Crippen LogP contribution in [0.4, 0.5) is 5.69 Å². The van der Waals surface area contributed by atoms with Crippen molar-refractivity contribution in [3.8, 4) is 0 Å². The van der Waals surface area contributed by atoms with E-state index in [0.29, 0.717) is 0 Å². The van der Waals surface area contributed by atoms with Crippen LogP contribution in [0.2, 0.25) is 0 Å². The van der Waals surface area contributed by atoms with E-state index in [4.69, 9.17) is 4.74 Å². The summed E-state index contributed by atoms with van der Waals surface area (Å²) in [4.78, 5) is 23.9. The quantitative estimate of drug-likeness (QED) is 0.675. The van der Waals surface area contributed by atoms with Crippen LogP contribution < -0.4 is 10.0 Å². The molecule has 0 radical (unpaired) electrons.